The van der Waals surface area contributed by atoms with Crippen LogP contribution in [0.15, 0.2) is 109 Å². The van der Waals surface area contributed by atoms with Crippen LogP contribution in [0.4, 0.5) is 39.5 Å². The first-order valence-corrected chi connectivity index (χ1v) is 30.4. The molecule has 0 saturated carbocycles. The van der Waals surface area contributed by atoms with Gasteiger partial charge in [-0.15, -0.1) is 0 Å². The maximum Gasteiger partial charge on any atom is 0.743 e. The van der Waals surface area contributed by atoms with Crippen LogP contribution in [0.2, 0.25) is 20.1 Å². The van der Waals surface area contributed by atoms with Crippen LogP contribution in [0.3, 0.4) is 0 Å². The summed E-state index contributed by atoms with van der Waals surface area (Å²) in [7, 11) is -26.1. The van der Waals surface area contributed by atoms with Crippen LogP contribution in [-0.4, -0.2) is 96.1 Å². The summed E-state index contributed by atoms with van der Waals surface area (Å²) in [5.41, 5.74) is -8.56. The van der Waals surface area contributed by atoms with Gasteiger partial charge in [0.2, 0.25) is 0 Å². The van der Waals surface area contributed by atoms with Gasteiger partial charge in [-0.1, -0.05) is 101 Å². The predicted molar refractivity (Wildman–Crippen MR) is 306 cm³/mol. The molecule has 0 radical (unpaired) electrons. The first kappa shape index (κ1) is 63.8. The highest BCUT2D eigenvalue weighted by atomic mass is 35.5. The number of fused-ring (bicyclic) bond motifs is 4. The zero-order chi connectivity index (χ0) is 64.9. The Morgan fingerprint density at radius 2 is 1.18 bits per heavy atom. The third-order valence-electron chi connectivity index (χ3n) is 13.1. The number of nitriles is 2. The van der Waals surface area contributed by atoms with Gasteiger partial charge in [0.15, 0.2) is 5.75 Å². The minimum Gasteiger partial charge on any atom is -0.541 e. The van der Waals surface area contributed by atoms with Crippen LogP contribution in [0.5, 0.6) is 28.7 Å². The van der Waals surface area contributed by atoms with Crippen LogP contribution in [0.25, 0.3) is 55.2 Å². The third-order valence-corrected chi connectivity index (χ3v) is 19.2. The van der Waals surface area contributed by atoms with E-state index in [-0.39, 0.29) is 104 Å². The molecule has 89 heavy (non-hydrogen) atoms. The average molecular weight is 1370 g/mol. The van der Waals surface area contributed by atoms with E-state index in [9.17, 15) is 54.1 Å². The molecule has 0 aliphatic carbocycles. The quantitative estimate of drug-likeness (QED) is 0.0517. The van der Waals surface area contributed by atoms with Crippen molar-refractivity contribution in [1.82, 2.24) is 33.0 Å². The normalized spacial score (nSPS) is 14.1. The van der Waals surface area contributed by atoms with E-state index in [1.165, 1.54) is 77.3 Å². The molecule has 0 unspecified atom stereocenters. The van der Waals surface area contributed by atoms with Crippen molar-refractivity contribution in [2.75, 3.05) is 0 Å². The van der Waals surface area contributed by atoms with Gasteiger partial charge in [0.05, 0.1) is 70.9 Å². The summed E-state index contributed by atoms with van der Waals surface area (Å²) in [6, 6.07) is 24.1. The standard InChI is InChI=1S/C51H28B2Cl4F9N9O11S3/c1-23(2)44-42-43(46(74(44)52-83-39-11-4-3-10-38(39)76)26(19-67)36-21-69-32-15-28(54)30(56)17-34(32)71-36)45(24-8-7-9-25(14-24)86-89(81,82)50(62,63)48(58,59)49(60,61)87(77,78)73-88(79,80)51(64,65)66)75(53-84-40-12-5-6-13-41(40)85-53)47(42)27(20-68)37-22-70-33-16-29(55)31(57)18-35(33)72-37/h3-18,21-23,52,73,76H,1-2H3/b46-26-,47-27-. The van der Waals surface area contributed by atoms with E-state index in [1.54, 1.807) is 13.8 Å². The van der Waals surface area contributed by atoms with Crippen molar-refractivity contribution in [2.45, 2.75) is 41.7 Å². The molecule has 38 heteroatoms. The molecule has 0 bridgehead atoms. The summed E-state index contributed by atoms with van der Waals surface area (Å²) in [6.07, 6.45) is 2.30. The van der Waals surface area contributed by atoms with Gasteiger partial charge in [0, 0.05) is 22.0 Å². The molecule has 0 saturated heterocycles. The monoisotopic (exact) mass is 1370 g/mol. The third kappa shape index (κ3) is 10.9. The van der Waals surface area contributed by atoms with Crippen molar-refractivity contribution in [1.29, 1.82) is 10.5 Å². The lowest BCUT2D eigenvalue weighted by atomic mass is 10.0. The number of sulfonamides is 2. The molecule has 20 nitrogen and oxygen atoms in total. The fourth-order valence-corrected chi connectivity index (χ4v) is 13.3. The Bertz CT molecular complexity index is 5060. The second kappa shape index (κ2) is 22.7. The molecule has 0 spiro atoms. The van der Waals surface area contributed by atoms with Crippen LogP contribution in [0.1, 0.15) is 36.8 Å². The second-order valence-electron chi connectivity index (χ2n) is 19.1. The first-order chi connectivity index (χ1) is 41.6. The van der Waals surface area contributed by atoms with Crippen molar-refractivity contribution in [3.05, 3.63) is 157 Å². The van der Waals surface area contributed by atoms with Gasteiger partial charge in [-0.2, -0.15) is 58.5 Å². The largest absolute Gasteiger partial charge is 0.743 e. The number of nitrogens with one attached hydrogen (secondary N) is 1. The molecule has 10 rings (SSSR count). The number of nitrogens with zero attached hydrogens (tertiary/aromatic N) is 8. The maximum atomic E-state index is 15.9. The van der Waals surface area contributed by atoms with Crippen molar-refractivity contribution in [3.63, 3.8) is 0 Å². The molecule has 0 fully saturated rings. The van der Waals surface area contributed by atoms with Crippen molar-refractivity contribution in [3.8, 4) is 52.1 Å². The lowest BCUT2D eigenvalue weighted by molar-refractivity contribution is -0.245. The molecular weight excluding hydrogens is 1350 g/mol. The number of halogens is 13. The average Bonchev–Trinajstić information content (AvgIpc) is 1.63. The highest BCUT2D eigenvalue weighted by Gasteiger charge is 2.83. The fourth-order valence-electron chi connectivity index (χ4n) is 9.23. The maximum absolute atomic E-state index is 15.9. The number of alkyl halides is 9. The van der Waals surface area contributed by atoms with Gasteiger partial charge in [0.1, 0.15) is 57.7 Å². The van der Waals surface area contributed by atoms with Crippen LogP contribution in [-0.2, 0) is 30.2 Å². The fraction of sp³-hybridized carbons (Fsp3) is 0.137. The molecule has 5 heterocycles. The predicted octanol–water partition coefficient (Wildman–Crippen LogP) is 9.68. The van der Waals surface area contributed by atoms with Gasteiger partial charge in [-0.3, -0.25) is 9.97 Å². The Morgan fingerprint density at radius 1 is 0.674 bits per heavy atom. The molecule has 1 aliphatic rings. The number of benzene rings is 5. The number of aromatic hydroxyl groups is 1. The molecule has 0 amide bonds. The van der Waals surface area contributed by atoms with E-state index in [4.69, 9.17) is 65.4 Å². The highest BCUT2D eigenvalue weighted by molar-refractivity contribution is 8.05. The van der Waals surface area contributed by atoms with Gasteiger partial charge in [-0.25, -0.2) is 26.8 Å². The Balaban J connectivity index is 1.34. The number of aromatic nitrogens is 6. The van der Waals surface area contributed by atoms with Crippen molar-refractivity contribution < 1.29 is 88.0 Å². The zero-order valence-electron chi connectivity index (χ0n) is 44.0. The summed E-state index contributed by atoms with van der Waals surface area (Å²) in [5.74, 6) is -10.7. The second-order valence-corrected chi connectivity index (χ2v) is 25.9. The van der Waals surface area contributed by atoms with Gasteiger partial charge >= 0.3 is 57.0 Å². The number of para-hydroxylation sites is 4. The number of phenolic OH excluding ortho intramolecular Hbond substituents is 1. The number of phenols is 1. The SMILES string of the molecule is CC(C)c1c2/c(=C(\C#N)c3cnc4cc(Cl)c(Cl)cc4n3)n(B3Oc4ccccc4O3)c(-c3cccc(OS(=O)(=O)C(F)(F)C(F)(F)C(F)(F)S(=O)(=O)NS(=O)(=O)C(F)(F)F)c3)c2/c(=C(\C#N)c2cnc3cc(Cl)c(Cl)cc3n2)n1BOc1ccccc1O. The molecule has 5 aromatic carbocycles. The Hall–Kier alpha value is -8.21. The molecule has 9 aromatic rings. The zero-order valence-corrected chi connectivity index (χ0v) is 49.5. The summed E-state index contributed by atoms with van der Waals surface area (Å²) in [5, 5.41) is 18.2. The van der Waals surface area contributed by atoms with Crippen LogP contribution >= 0.6 is 46.4 Å². The molecule has 1 aliphatic heterocycles. The minimum atomic E-state index is -8.17. The van der Waals surface area contributed by atoms with Gasteiger partial charge in [-0.05, 0) is 66.6 Å². The minimum absolute atomic E-state index is 0.00424. The van der Waals surface area contributed by atoms with E-state index in [0.717, 1.165) is 29.0 Å². The number of hydrogen-bond donors (Lipinski definition) is 2. The van der Waals surface area contributed by atoms with E-state index in [1.807, 2.05) is 0 Å². The van der Waals surface area contributed by atoms with E-state index < -0.39 is 105 Å². The molecule has 4 aromatic heterocycles. The van der Waals surface area contributed by atoms with E-state index >= 15 is 26.3 Å². The Kier molecular flexibility index (Phi) is 16.3. The first-order valence-electron chi connectivity index (χ1n) is 24.5. The topological polar surface area (TPSA) is 281 Å². The van der Waals surface area contributed by atoms with Crippen molar-refractivity contribution in [2.24, 2.45) is 0 Å². The molecule has 0 atom stereocenters. The summed E-state index contributed by atoms with van der Waals surface area (Å²) >= 11 is 25.4. The molecular formula is C51H28B2Cl4F9N9O11S3. The van der Waals surface area contributed by atoms with Crippen LogP contribution in [0, 0.1) is 22.7 Å². The van der Waals surface area contributed by atoms with E-state index in [2.05, 4.69) is 31.3 Å². The lowest BCUT2D eigenvalue weighted by Crippen LogP contribution is -2.64. The number of rotatable bonds is 16. The summed E-state index contributed by atoms with van der Waals surface area (Å²) in [4.78, 5) is 18.3. The number of hydrogen-bond acceptors (Lipinski definition) is 17. The summed E-state index contributed by atoms with van der Waals surface area (Å²) < 4.78 is 232. The highest BCUT2D eigenvalue weighted by Crippen LogP contribution is 2.52. The Morgan fingerprint density at radius 3 is 1.69 bits per heavy atom. The van der Waals surface area contributed by atoms with Gasteiger partial charge < -0.3 is 32.2 Å². The van der Waals surface area contributed by atoms with Gasteiger partial charge in [0.25, 0.3) is 10.0 Å². The van der Waals surface area contributed by atoms with Crippen molar-refractivity contribution >= 4 is 135 Å². The lowest BCUT2D eigenvalue weighted by Gasteiger charge is -2.31. The molecule has 458 valence electrons. The smallest absolute Gasteiger partial charge is 0.541 e. The summed E-state index contributed by atoms with van der Waals surface area (Å²) in [6.45, 7) is 3.29. The molecule has 2 N–H and O–H groups in total. The Labute approximate surface area is 515 Å². The van der Waals surface area contributed by atoms with E-state index in [0.29, 0.717) is 12.1 Å². The van der Waals surface area contributed by atoms with Crippen LogP contribution < -0.4 is 33.0 Å².